The highest BCUT2D eigenvalue weighted by atomic mass is 35.5. The van der Waals surface area contributed by atoms with Gasteiger partial charge in [-0.2, -0.15) is 35.1 Å². The number of halogens is 10. The maximum atomic E-state index is 13.0. The van der Waals surface area contributed by atoms with Gasteiger partial charge in [-0.3, -0.25) is 0 Å². The molecule has 122 valence electrons. The summed E-state index contributed by atoms with van der Waals surface area (Å²) in [7, 11) is 0. The molecule has 0 saturated carbocycles. The lowest BCUT2D eigenvalue weighted by Gasteiger charge is -2.27. The van der Waals surface area contributed by atoms with Gasteiger partial charge in [0.2, 0.25) is 0 Å². The maximum Gasteiger partial charge on any atom is 0.455 e. The van der Waals surface area contributed by atoms with Crippen molar-refractivity contribution in [2.24, 2.45) is 5.73 Å². The van der Waals surface area contributed by atoms with Gasteiger partial charge in [-0.15, -0.1) is 12.4 Å². The highest BCUT2D eigenvalue weighted by Gasteiger charge is 2.62. The van der Waals surface area contributed by atoms with Crippen LogP contribution >= 0.6 is 24.0 Å². The van der Waals surface area contributed by atoms with Crippen molar-refractivity contribution in [2.75, 3.05) is 0 Å². The van der Waals surface area contributed by atoms with Gasteiger partial charge >= 0.3 is 18.3 Å². The van der Waals surface area contributed by atoms with Crippen molar-refractivity contribution in [3.8, 4) is 0 Å². The number of hydrogen-bond acceptors (Lipinski definition) is 1. The summed E-state index contributed by atoms with van der Waals surface area (Å²) in [5.41, 5.74) is 1.57. The third kappa shape index (κ3) is 4.10. The molecule has 0 spiro atoms. The first kappa shape index (κ1) is 20.2. The summed E-state index contributed by atoms with van der Waals surface area (Å²) in [6, 6.07) is -1.81. The second kappa shape index (κ2) is 6.13. The van der Waals surface area contributed by atoms with Crippen LogP contribution in [0.4, 0.5) is 35.1 Å². The van der Waals surface area contributed by atoms with E-state index < -0.39 is 40.5 Å². The fourth-order valence-corrected chi connectivity index (χ4v) is 1.59. The molecule has 1 nitrogen and oxygen atoms in total. The first-order valence-electron chi connectivity index (χ1n) is 4.85. The average molecular weight is 364 g/mol. The normalized spacial score (nSPS) is 14.6. The Bertz CT molecular complexity index is 497. The number of rotatable bonds is 2. The van der Waals surface area contributed by atoms with Crippen LogP contribution in [-0.2, 0) is 6.18 Å². The molecule has 0 radical (unpaired) electrons. The second-order valence-electron chi connectivity index (χ2n) is 3.83. The van der Waals surface area contributed by atoms with Crippen molar-refractivity contribution in [3.05, 3.63) is 34.3 Å². The van der Waals surface area contributed by atoms with Gasteiger partial charge in [0.15, 0.2) is 0 Å². The summed E-state index contributed by atoms with van der Waals surface area (Å²) in [6.07, 6.45) is -11.2. The number of nitrogens with two attached hydrogens (primary N) is 1. The molecule has 0 bridgehead atoms. The van der Waals surface area contributed by atoms with Gasteiger partial charge in [0, 0.05) is 5.02 Å². The van der Waals surface area contributed by atoms with Gasteiger partial charge < -0.3 is 5.73 Å². The van der Waals surface area contributed by atoms with Crippen molar-refractivity contribution in [2.45, 2.75) is 24.3 Å². The molecule has 2 N–H and O–H groups in total. The minimum absolute atomic E-state index is 0. The molecular formula is C10H7Cl2F8N. The maximum absolute atomic E-state index is 13.0. The summed E-state index contributed by atoms with van der Waals surface area (Å²) in [5, 5.41) is -0.469. The fraction of sp³-hybridized carbons (Fsp3) is 0.400. The Morgan fingerprint density at radius 3 is 1.81 bits per heavy atom. The third-order valence-corrected chi connectivity index (χ3v) is 2.66. The standard InChI is InChI=1S/C10H6ClF8N.ClH/c11-4-1-2-5(6(3-4)9(14,15)16)7(20)8(12,13)10(17,18)19;/h1-3,7H,20H2;1H/t7-;/m1./s1. The molecule has 0 fully saturated rings. The van der Waals surface area contributed by atoms with E-state index in [9.17, 15) is 35.1 Å². The minimum atomic E-state index is -6.07. The summed E-state index contributed by atoms with van der Waals surface area (Å²) in [4.78, 5) is 0. The molecule has 0 amide bonds. The molecule has 0 saturated heterocycles. The van der Waals surface area contributed by atoms with Gasteiger partial charge in [-0.05, 0) is 17.7 Å². The Morgan fingerprint density at radius 2 is 1.43 bits per heavy atom. The molecular weight excluding hydrogens is 357 g/mol. The molecule has 1 rings (SSSR count). The summed E-state index contributed by atoms with van der Waals surface area (Å²) < 4.78 is 100. The molecule has 0 heterocycles. The van der Waals surface area contributed by atoms with E-state index in [-0.39, 0.29) is 18.5 Å². The van der Waals surface area contributed by atoms with Gasteiger partial charge in [0.1, 0.15) is 6.04 Å². The van der Waals surface area contributed by atoms with E-state index in [4.69, 9.17) is 17.3 Å². The van der Waals surface area contributed by atoms with Crippen LogP contribution in [-0.4, -0.2) is 12.1 Å². The quantitative estimate of drug-likeness (QED) is 0.737. The fourth-order valence-electron chi connectivity index (χ4n) is 1.42. The smallest absolute Gasteiger partial charge is 0.319 e. The molecule has 0 aliphatic heterocycles. The van der Waals surface area contributed by atoms with Crippen LogP contribution in [0.1, 0.15) is 17.2 Å². The Balaban J connectivity index is 0.00000400. The molecule has 1 atom stereocenters. The van der Waals surface area contributed by atoms with E-state index in [0.717, 1.165) is 6.07 Å². The van der Waals surface area contributed by atoms with Gasteiger partial charge in [0.25, 0.3) is 0 Å². The van der Waals surface area contributed by atoms with E-state index in [1.807, 2.05) is 0 Å². The summed E-state index contributed by atoms with van der Waals surface area (Å²) >= 11 is 5.28. The van der Waals surface area contributed by atoms with E-state index in [2.05, 4.69) is 0 Å². The lowest BCUT2D eigenvalue weighted by atomic mass is 9.95. The monoisotopic (exact) mass is 363 g/mol. The van der Waals surface area contributed by atoms with E-state index in [1.54, 1.807) is 0 Å². The lowest BCUT2D eigenvalue weighted by molar-refractivity contribution is -0.291. The van der Waals surface area contributed by atoms with Gasteiger partial charge in [-0.25, -0.2) is 0 Å². The molecule has 11 heteroatoms. The van der Waals surface area contributed by atoms with Crippen molar-refractivity contribution in [1.82, 2.24) is 0 Å². The highest BCUT2D eigenvalue weighted by Crippen LogP contribution is 2.46. The van der Waals surface area contributed by atoms with Crippen molar-refractivity contribution >= 4 is 24.0 Å². The number of alkyl halides is 8. The summed E-state index contributed by atoms with van der Waals surface area (Å²) in [5.74, 6) is -5.51. The van der Waals surface area contributed by atoms with E-state index >= 15 is 0 Å². The van der Waals surface area contributed by atoms with E-state index in [0.29, 0.717) is 6.07 Å². The molecule has 0 aliphatic carbocycles. The largest absolute Gasteiger partial charge is 0.455 e. The Hall–Kier alpha value is -0.800. The molecule has 1 aromatic carbocycles. The molecule has 0 unspecified atom stereocenters. The van der Waals surface area contributed by atoms with Crippen LogP contribution in [0.25, 0.3) is 0 Å². The predicted octanol–water partition coefficient (Wildman–Crippen LogP) is 4.98. The van der Waals surface area contributed by atoms with Crippen LogP contribution < -0.4 is 5.73 Å². The summed E-state index contributed by atoms with van der Waals surface area (Å²) in [6.45, 7) is 0. The molecule has 0 aliphatic rings. The Morgan fingerprint density at radius 1 is 0.952 bits per heavy atom. The van der Waals surface area contributed by atoms with Crippen molar-refractivity contribution in [3.63, 3.8) is 0 Å². The van der Waals surface area contributed by atoms with Crippen LogP contribution in [0.2, 0.25) is 5.02 Å². The molecule has 0 aromatic heterocycles. The Kier molecular flexibility index (Phi) is 5.90. The lowest BCUT2D eigenvalue weighted by Crippen LogP contribution is -2.46. The van der Waals surface area contributed by atoms with E-state index in [1.165, 1.54) is 0 Å². The first-order chi connectivity index (χ1) is 8.78. The zero-order valence-electron chi connectivity index (χ0n) is 9.70. The third-order valence-electron chi connectivity index (χ3n) is 2.42. The zero-order valence-corrected chi connectivity index (χ0v) is 11.3. The zero-order chi connectivity index (χ0) is 15.9. The van der Waals surface area contributed by atoms with Crippen LogP contribution in [0.5, 0.6) is 0 Å². The van der Waals surface area contributed by atoms with Gasteiger partial charge in [0.05, 0.1) is 5.56 Å². The SMILES string of the molecule is Cl.N[C@H](c1ccc(Cl)cc1C(F)(F)F)C(F)(F)C(F)(F)F. The predicted molar refractivity (Wildman–Crippen MR) is 61.6 cm³/mol. The van der Waals surface area contributed by atoms with Crippen molar-refractivity contribution < 1.29 is 35.1 Å². The Labute approximate surface area is 124 Å². The van der Waals surface area contributed by atoms with Crippen LogP contribution in [0.3, 0.4) is 0 Å². The first-order valence-corrected chi connectivity index (χ1v) is 5.23. The minimum Gasteiger partial charge on any atom is -0.319 e. The number of benzene rings is 1. The highest BCUT2D eigenvalue weighted by molar-refractivity contribution is 6.30. The molecule has 1 aromatic rings. The molecule has 21 heavy (non-hydrogen) atoms. The number of hydrogen-bond donors (Lipinski definition) is 1. The van der Waals surface area contributed by atoms with Gasteiger partial charge in [-0.1, -0.05) is 17.7 Å². The van der Waals surface area contributed by atoms with Crippen molar-refractivity contribution in [1.29, 1.82) is 0 Å². The average Bonchev–Trinajstić information content (AvgIpc) is 2.25. The van der Waals surface area contributed by atoms with Crippen LogP contribution in [0.15, 0.2) is 18.2 Å². The second-order valence-corrected chi connectivity index (χ2v) is 4.26. The van der Waals surface area contributed by atoms with Crippen LogP contribution in [0, 0.1) is 0 Å². The topological polar surface area (TPSA) is 26.0 Å².